The molecule has 0 fully saturated rings. The van der Waals surface area contributed by atoms with Gasteiger partial charge in [-0.25, -0.2) is 0 Å². The SMILES string of the molecule is COc1ccc(OC)c(C(C)NCCOCCC(C)C)c1. The van der Waals surface area contributed by atoms with Crippen LogP contribution in [-0.4, -0.2) is 34.0 Å². The summed E-state index contributed by atoms with van der Waals surface area (Å²) in [5, 5.41) is 3.45. The fourth-order valence-corrected chi connectivity index (χ4v) is 2.06. The first-order valence-corrected chi connectivity index (χ1v) is 7.61. The predicted octanol–water partition coefficient (Wildman–Crippen LogP) is 3.42. The third kappa shape index (κ3) is 6.36. The van der Waals surface area contributed by atoms with Crippen molar-refractivity contribution in [3.05, 3.63) is 23.8 Å². The van der Waals surface area contributed by atoms with Gasteiger partial charge in [0.1, 0.15) is 11.5 Å². The molecule has 0 aliphatic carbocycles. The normalized spacial score (nSPS) is 12.5. The second-order valence-corrected chi connectivity index (χ2v) is 5.58. The van der Waals surface area contributed by atoms with Crippen LogP contribution in [0.5, 0.6) is 11.5 Å². The average Bonchev–Trinajstić information content (AvgIpc) is 2.49. The first kappa shape index (κ1) is 17.8. The summed E-state index contributed by atoms with van der Waals surface area (Å²) in [6, 6.07) is 6.04. The van der Waals surface area contributed by atoms with Gasteiger partial charge in [0, 0.05) is 24.8 Å². The molecule has 0 amide bonds. The number of ether oxygens (including phenoxy) is 3. The molecule has 0 saturated carbocycles. The maximum atomic E-state index is 5.61. The zero-order valence-corrected chi connectivity index (χ0v) is 13.9. The fraction of sp³-hybridized carbons (Fsp3) is 0.647. The van der Waals surface area contributed by atoms with E-state index in [0.29, 0.717) is 5.92 Å². The Balaban J connectivity index is 2.42. The molecule has 0 spiro atoms. The van der Waals surface area contributed by atoms with E-state index in [-0.39, 0.29) is 6.04 Å². The van der Waals surface area contributed by atoms with Gasteiger partial charge in [-0.05, 0) is 37.5 Å². The Labute approximate surface area is 128 Å². The molecule has 1 unspecified atom stereocenters. The molecule has 1 aromatic carbocycles. The van der Waals surface area contributed by atoms with E-state index in [1.165, 1.54) is 0 Å². The van der Waals surface area contributed by atoms with Crippen LogP contribution in [0.25, 0.3) is 0 Å². The number of methoxy groups -OCH3 is 2. The van der Waals surface area contributed by atoms with Crippen LogP contribution in [0.4, 0.5) is 0 Å². The summed E-state index contributed by atoms with van der Waals surface area (Å²) < 4.78 is 16.3. The van der Waals surface area contributed by atoms with E-state index in [1.54, 1.807) is 14.2 Å². The zero-order valence-electron chi connectivity index (χ0n) is 13.9. The summed E-state index contributed by atoms with van der Waals surface area (Å²) in [5.41, 5.74) is 1.10. The number of hydrogen-bond acceptors (Lipinski definition) is 4. The van der Waals surface area contributed by atoms with Gasteiger partial charge in [0.25, 0.3) is 0 Å². The largest absolute Gasteiger partial charge is 0.497 e. The molecule has 1 atom stereocenters. The highest BCUT2D eigenvalue weighted by Crippen LogP contribution is 2.28. The molecule has 1 rings (SSSR count). The van der Waals surface area contributed by atoms with E-state index in [2.05, 4.69) is 26.1 Å². The summed E-state index contributed by atoms with van der Waals surface area (Å²) in [7, 11) is 3.36. The van der Waals surface area contributed by atoms with Gasteiger partial charge in [-0.1, -0.05) is 13.8 Å². The van der Waals surface area contributed by atoms with Crippen molar-refractivity contribution in [3.8, 4) is 11.5 Å². The van der Waals surface area contributed by atoms with E-state index in [4.69, 9.17) is 14.2 Å². The zero-order chi connectivity index (χ0) is 15.7. The van der Waals surface area contributed by atoms with Crippen LogP contribution in [0.1, 0.15) is 38.8 Å². The van der Waals surface area contributed by atoms with Gasteiger partial charge in [-0.2, -0.15) is 0 Å². The quantitative estimate of drug-likeness (QED) is 0.671. The minimum absolute atomic E-state index is 0.184. The van der Waals surface area contributed by atoms with Crippen LogP contribution in [0.3, 0.4) is 0 Å². The first-order chi connectivity index (χ1) is 10.1. The molecule has 120 valence electrons. The molecule has 1 N–H and O–H groups in total. The van der Waals surface area contributed by atoms with E-state index in [9.17, 15) is 0 Å². The number of rotatable bonds is 10. The number of nitrogens with one attached hydrogen (secondary N) is 1. The Bertz CT molecular complexity index is 407. The van der Waals surface area contributed by atoms with Crippen LogP contribution in [0, 0.1) is 5.92 Å². The summed E-state index contributed by atoms with van der Waals surface area (Å²) in [6.45, 7) is 8.90. The Morgan fingerprint density at radius 2 is 1.81 bits per heavy atom. The number of benzene rings is 1. The minimum Gasteiger partial charge on any atom is -0.497 e. The van der Waals surface area contributed by atoms with Crippen LogP contribution < -0.4 is 14.8 Å². The Morgan fingerprint density at radius 3 is 2.43 bits per heavy atom. The molecule has 4 nitrogen and oxygen atoms in total. The molecule has 0 saturated heterocycles. The van der Waals surface area contributed by atoms with Gasteiger partial charge in [0.05, 0.1) is 20.8 Å². The Hall–Kier alpha value is -1.26. The number of hydrogen-bond donors (Lipinski definition) is 1. The lowest BCUT2D eigenvalue weighted by Crippen LogP contribution is -2.24. The highest BCUT2D eigenvalue weighted by atomic mass is 16.5. The van der Waals surface area contributed by atoms with Crippen LogP contribution in [0.2, 0.25) is 0 Å². The summed E-state index contributed by atoms with van der Waals surface area (Å²) >= 11 is 0. The molecule has 0 radical (unpaired) electrons. The maximum absolute atomic E-state index is 5.61. The molecule has 0 bridgehead atoms. The van der Waals surface area contributed by atoms with E-state index >= 15 is 0 Å². The highest BCUT2D eigenvalue weighted by molar-refractivity contribution is 5.42. The monoisotopic (exact) mass is 295 g/mol. The van der Waals surface area contributed by atoms with Crippen LogP contribution >= 0.6 is 0 Å². The fourth-order valence-electron chi connectivity index (χ4n) is 2.06. The third-order valence-corrected chi connectivity index (χ3v) is 3.44. The second kappa shape index (κ2) is 9.64. The average molecular weight is 295 g/mol. The molecule has 1 aromatic rings. The standard InChI is InChI=1S/C17H29NO3/c1-13(2)8-10-21-11-9-18-14(3)16-12-15(19-4)6-7-17(16)20-5/h6-7,12-14,18H,8-11H2,1-5H3. The van der Waals surface area contributed by atoms with Crippen molar-refractivity contribution in [2.24, 2.45) is 5.92 Å². The van der Waals surface area contributed by atoms with Crippen molar-refractivity contribution < 1.29 is 14.2 Å². The molecular weight excluding hydrogens is 266 g/mol. The lowest BCUT2D eigenvalue weighted by molar-refractivity contribution is 0.123. The Morgan fingerprint density at radius 1 is 1.05 bits per heavy atom. The minimum atomic E-state index is 0.184. The smallest absolute Gasteiger partial charge is 0.123 e. The van der Waals surface area contributed by atoms with Gasteiger partial charge in [0.2, 0.25) is 0 Å². The lowest BCUT2D eigenvalue weighted by Gasteiger charge is -2.18. The second-order valence-electron chi connectivity index (χ2n) is 5.58. The van der Waals surface area contributed by atoms with Crippen LogP contribution in [0.15, 0.2) is 18.2 Å². The van der Waals surface area contributed by atoms with Crippen molar-refractivity contribution in [3.63, 3.8) is 0 Å². The van der Waals surface area contributed by atoms with Gasteiger partial charge in [-0.15, -0.1) is 0 Å². The third-order valence-electron chi connectivity index (χ3n) is 3.44. The van der Waals surface area contributed by atoms with Crippen molar-refractivity contribution in [2.45, 2.75) is 33.2 Å². The molecule has 4 heteroatoms. The summed E-state index contributed by atoms with van der Waals surface area (Å²) in [6.07, 6.45) is 1.11. The highest BCUT2D eigenvalue weighted by Gasteiger charge is 2.12. The van der Waals surface area contributed by atoms with Gasteiger partial charge >= 0.3 is 0 Å². The van der Waals surface area contributed by atoms with Crippen molar-refractivity contribution in [1.29, 1.82) is 0 Å². The van der Waals surface area contributed by atoms with Crippen molar-refractivity contribution in [2.75, 3.05) is 34.0 Å². The van der Waals surface area contributed by atoms with E-state index in [0.717, 1.165) is 43.2 Å². The molecule has 0 aromatic heterocycles. The molecule has 0 heterocycles. The van der Waals surface area contributed by atoms with Crippen LogP contribution in [-0.2, 0) is 4.74 Å². The first-order valence-electron chi connectivity index (χ1n) is 7.61. The molecular formula is C17H29NO3. The molecule has 0 aliphatic rings. The van der Waals surface area contributed by atoms with E-state index in [1.807, 2.05) is 18.2 Å². The van der Waals surface area contributed by atoms with E-state index < -0.39 is 0 Å². The van der Waals surface area contributed by atoms with Crippen molar-refractivity contribution in [1.82, 2.24) is 5.32 Å². The molecule has 0 aliphatic heterocycles. The summed E-state index contributed by atoms with van der Waals surface area (Å²) in [4.78, 5) is 0. The summed E-state index contributed by atoms with van der Waals surface area (Å²) in [5.74, 6) is 2.40. The molecule has 21 heavy (non-hydrogen) atoms. The van der Waals surface area contributed by atoms with Gasteiger partial charge < -0.3 is 19.5 Å². The lowest BCUT2D eigenvalue weighted by atomic mass is 10.1. The topological polar surface area (TPSA) is 39.7 Å². The van der Waals surface area contributed by atoms with Gasteiger partial charge in [-0.3, -0.25) is 0 Å². The Kier molecular flexibility index (Phi) is 8.16. The predicted molar refractivity (Wildman–Crippen MR) is 86.2 cm³/mol. The maximum Gasteiger partial charge on any atom is 0.123 e. The van der Waals surface area contributed by atoms with Crippen molar-refractivity contribution >= 4 is 0 Å². The van der Waals surface area contributed by atoms with Gasteiger partial charge in [0.15, 0.2) is 0 Å².